The molecule has 2 fully saturated rings. The average molecular weight is 347 g/mol. The molecule has 1 aromatic rings. The Balaban J connectivity index is 1.69. The van der Waals surface area contributed by atoms with Crippen LogP contribution in [0.25, 0.3) is 0 Å². The summed E-state index contributed by atoms with van der Waals surface area (Å²) in [6.07, 6.45) is 5.79. The maximum absolute atomic E-state index is 12.3. The summed E-state index contributed by atoms with van der Waals surface area (Å²) < 4.78 is 4.93. The molecular formula is C17H21N3O5. The summed E-state index contributed by atoms with van der Waals surface area (Å²) >= 11 is 0. The van der Waals surface area contributed by atoms with E-state index in [4.69, 9.17) is 4.74 Å². The number of hydrogen-bond donors (Lipinski definition) is 2. The molecule has 2 aliphatic rings. The Kier molecular flexibility index (Phi) is 4.36. The summed E-state index contributed by atoms with van der Waals surface area (Å²) in [4.78, 5) is 22.6. The lowest BCUT2D eigenvalue weighted by molar-refractivity contribution is -0.386. The van der Waals surface area contributed by atoms with E-state index in [2.05, 4.69) is 17.5 Å². The van der Waals surface area contributed by atoms with Crippen LogP contribution in [0.1, 0.15) is 38.2 Å². The summed E-state index contributed by atoms with van der Waals surface area (Å²) in [6.45, 7) is 2.15. The van der Waals surface area contributed by atoms with E-state index in [9.17, 15) is 20.0 Å². The van der Waals surface area contributed by atoms with Crippen LogP contribution in [0.2, 0.25) is 0 Å². The van der Waals surface area contributed by atoms with Crippen LogP contribution in [0.3, 0.4) is 0 Å². The van der Waals surface area contributed by atoms with E-state index in [1.165, 1.54) is 31.9 Å². The Bertz CT molecular complexity index is 748. The zero-order valence-corrected chi connectivity index (χ0v) is 14.2. The van der Waals surface area contributed by atoms with Crippen molar-refractivity contribution in [2.75, 3.05) is 7.11 Å². The van der Waals surface area contributed by atoms with Gasteiger partial charge < -0.3 is 9.84 Å². The molecule has 0 bridgehead atoms. The van der Waals surface area contributed by atoms with Gasteiger partial charge in [-0.2, -0.15) is 5.10 Å². The number of nitro benzene ring substituents is 1. The molecular weight excluding hydrogens is 326 g/mol. The highest BCUT2D eigenvalue weighted by Gasteiger charge is 2.64. The number of methoxy groups -OCH3 is 1. The maximum Gasteiger partial charge on any atom is 0.315 e. The van der Waals surface area contributed by atoms with E-state index < -0.39 is 16.4 Å². The Hall–Kier alpha value is -2.64. The average Bonchev–Trinajstić information content (AvgIpc) is 3.21. The molecule has 0 heterocycles. The molecule has 1 amide bonds. The number of ether oxygens (including phenoxy) is 1. The fourth-order valence-electron chi connectivity index (χ4n) is 4.07. The van der Waals surface area contributed by atoms with E-state index in [1.807, 2.05) is 0 Å². The molecule has 2 saturated carbocycles. The molecule has 0 spiro atoms. The molecule has 0 radical (unpaired) electrons. The highest BCUT2D eigenvalue weighted by Crippen LogP contribution is 2.66. The van der Waals surface area contributed by atoms with Gasteiger partial charge in [0.05, 0.1) is 18.2 Å². The van der Waals surface area contributed by atoms with Gasteiger partial charge in [-0.25, -0.2) is 5.43 Å². The highest BCUT2D eigenvalue weighted by molar-refractivity contribution is 5.87. The number of hydrogen-bond acceptors (Lipinski definition) is 6. The van der Waals surface area contributed by atoms with Gasteiger partial charge in [0, 0.05) is 17.5 Å². The lowest BCUT2D eigenvalue weighted by Gasteiger charge is -2.15. The minimum atomic E-state index is -0.705. The third kappa shape index (κ3) is 3.04. The number of fused-ring (bicyclic) bond motifs is 1. The van der Waals surface area contributed by atoms with Crippen molar-refractivity contribution in [1.82, 2.24) is 5.43 Å². The zero-order valence-electron chi connectivity index (χ0n) is 14.2. The van der Waals surface area contributed by atoms with Gasteiger partial charge in [-0.15, -0.1) is 0 Å². The normalized spacial score (nSPS) is 27.6. The molecule has 0 unspecified atom stereocenters. The number of nitrogens with one attached hydrogen (secondary N) is 1. The highest BCUT2D eigenvalue weighted by atomic mass is 16.6. The van der Waals surface area contributed by atoms with Gasteiger partial charge in [0.25, 0.3) is 0 Å². The minimum absolute atomic E-state index is 0.00385. The van der Waals surface area contributed by atoms with Crippen molar-refractivity contribution in [3.8, 4) is 11.5 Å². The van der Waals surface area contributed by atoms with Crippen molar-refractivity contribution in [2.45, 2.75) is 32.6 Å². The van der Waals surface area contributed by atoms with Crippen LogP contribution >= 0.6 is 0 Å². The van der Waals surface area contributed by atoms with Gasteiger partial charge in [-0.1, -0.05) is 19.8 Å². The molecule has 3 atom stereocenters. The van der Waals surface area contributed by atoms with Crippen molar-refractivity contribution in [2.24, 2.45) is 22.4 Å². The number of carbonyl (C=O) groups is 1. The van der Waals surface area contributed by atoms with Crippen molar-refractivity contribution in [3.05, 3.63) is 27.8 Å². The summed E-state index contributed by atoms with van der Waals surface area (Å²) in [5.74, 6) is -0.237. The minimum Gasteiger partial charge on any atom is -0.500 e. The number of amides is 1. The molecule has 0 aromatic heterocycles. The van der Waals surface area contributed by atoms with Crippen molar-refractivity contribution in [1.29, 1.82) is 0 Å². The van der Waals surface area contributed by atoms with Crippen molar-refractivity contribution >= 4 is 17.8 Å². The van der Waals surface area contributed by atoms with E-state index in [1.54, 1.807) is 0 Å². The number of carbonyl (C=O) groups excluding carboxylic acids is 1. The van der Waals surface area contributed by atoms with Crippen LogP contribution < -0.4 is 10.2 Å². The molecule has 2 aliphatic carbocycles. The number of nitrogens with zero attached hydrogens (tertiary/aromatic N) is 2. The van der Waals surface area contributed by atoms with Gasteiger partial charge in [0.1, 0.15) is 0 Å². The van der Waals surface area contributed by atoms with E-state index in [0.717, 1.165) is 19.3 Å². The van der Waals surface area contributed by atoms with E-state index in [0.29, 0.717) is 11.5 Å². The Morgan fingerprint density at radius 2 is 2.28 bits per heavy atom. The molecule has 8 nitrogen and oxygen atoms in total. The van der Waals surface area contributed by atoms with Crippen LogP contribution in [0, 0.1) is 27.4 Å². The summed E-state index contributed by atoms with van der Waals surface area (Å²) in [5, 5.41) is 24.6. The SMILES string of the molecule is COc1cc(/C=N\NC(=O)[C@@H]2[C@H]3CCCC[C@@]32C)cc([N+](=O)[O-])c1O. The van der Waals surface area contributed by atoms with Gasteiger partial charge in [-0.3, -0.25) is 14.9 Å². The smallest absolute Gasteiger partial charge is 0.315 e. The first-order valence-electron chi connectivity index (χ1n) is 8.27. The third-order valence-corrected chi connectivity index (χ3v) is 5.50. The monoisotopic (exact) mass is 347 g/mol. The van der Waals surface area contributed by atoms with E-state index >= 15 is 0 Å². The third-order valence-electron chi connectivity index (χ3n) is 5.50. The van der Waals surface area contributed by atoms with Crippen molar-refractivity contribution in [3.63, 3.8) is 0 Å². The fourth-order valence-corrected chi connectivity index (χ4v) is 4.07. The fraction of sp³-hybridized carbons (Fsp3) is 0.529. The number of phenolic OH excluding ortho intramolecular Hbond substituents is 1. The Morgan fingerprint density at radius 3 is 2.88 bits per heavy atom. The topological polar surface area (TPSA) is 114 Å². The summed E-state index contributed by atoms with van der Waals surface area (Å²) in [7, 11) is 1.30. The number of aromatic hydroxyl groups is 1. The predicted octanol–water partition coefficient (Wildman–Crippen LogP) is 2.59. The number of nitro groups is 1. The molecule has 0 aliphatic heterocycles. The van der Waals surface area contributed by atoms with Crippen LogP contribution in [-0.2, 0) is 4.79 Å². The van der Waals surface area contributed by atoms with Gasteiger partial charge in [0.2, 0.25) is 11.7 Å². The molecule has 8 heteroatoms. The Morgan fingerprint density at radius 1 is 1.52 bits per heavy atom. The molecule has 1 aromatic carbocycles. The number of phenols is 1. The van der Waals surface area contributed by atoms with E-state index in [-0.39, 0.29) is 23.0 Å². The van der Waals surface area contributed by atoms with Gasteiger partial charge in [0.15, 0.2) is 5.75 Å². The second kappa shape index (κ2) is 6.34. The van der Waals surface area contributed by atoms with Crippen LogP contribution in [0.15, 0.2) is 17.2 Å². The van der Waals surface area contributed by atoms with Crippen LogP contribution in [0.4, 0.5) is 5.69 Å². The largest absolute Gasteiger partial charge is 0.500 e. The summed E-state index contributed by atoms with van der Waals surface area (Å²) in [5.41, 5.74) is 2.50. The molecule has 2 N–H and O–H groups in total. The standard InChI is InChI=1S/C17H21N3O5/c1-17-6-4-3-5-11(17)14(17)16(22)19-18-9-10-7-12(20(23)24)15(21)13(8-10)25-2/h7-9,11,14,21H,3-6H2,1-2H3,(H,19,22)/b18-9-/t11-,14+,17+/m1/s1. The number of hydrazone groups is 1. The zero-order chi connectivity index (χ0) is 18.2. The molecule has 0 saturated heterocycles. The first-order valence-corrected chi connectivity index (χ1v) is 8.27. The van der Waals surface area contributed by atoms with Crippen molar-refractivity contribution < 1.29 is 19.6 Å². The quantitative estimate of drug-likeness (QED) is 0.483. The second-order valence-electron chi connectivity index (χ2n) is 6.92. The number of benzene rings is 1. The first-order chi connectivity index (χ1) is 11.9. The molecule has 25 heavy (non-hydrogen) atoms. The lowest BCUT2D eigenvalue weighted by Crippen LogP contribution is -2.22. The summed E-state index contributed by atoms with van der Waals surface area (Å²) in [6, 6.07) is 2.59. The number of rotatable bonds is 5. The lowest BCUT2D eigenvalue weighted by atomic mass is 9.90. The van der Waals surface area contributed by atoms with Crippen LogP contribution in [-0.4, -0.2) is 29.3 Å². The Labute approximate surface area is 145 Å². The van der Waals surface area contributed by atoms with Gasteiger partial charge in [-0.05, 0) is 30.2 Å². The molecule has 3 rings (SSSR count). The van der Waals surface area contributed by atoms with Gasteiger partial charge >= 0.3 is 5.69 Å². The predicted molar refractivity (Wildman–Crippen MR) is 90.6 cm³/mol. The second-order valence-corrected chi connectivity index (χ2v) is 6.92. The molecule has 134 valence electrons. The van der Waals surface area contributed by atoms with Crippen LogP contribution in [0.5, 0.6) is 11.5 Å². The first kappa shape index (κ1) is 17.2. The maximum atomic E-state index is 12.3.